The number of carbonyl (C=O) groups is 1. The highest BCUT2D eigenvalue weighted by Crippen LogP contribution is 2.27. The van der Waals surface area contributed by atoms with Gasteiger partial charge in [0.25, 0.3) is 0 Å². The highest BCUT2D eigenvalue weighted by molar-refractivity contribution is 7.17. The predicted octanol–water partition coefficient (Wildman–Crippen LogP) is 4.35. The Balaban J connectivity index is 1.82. The minimum Gasteiger partial charge on any atom is -0.399 e. The van der Waals surface area contributed by atoms with Gasteiger partial charge in [-0.3, -0.25) is 4.79 Å². The zero-order valence-corrected chi connectivity index (χ0v) is 13.0. The molecule has 0 amide bonds. The van der Waals surface area contributed by atoms with Crippen molar-refractivity contribution in [2.75, 3.05) is 11.1 Å². The molecule has 4 nitrogen and oxygen atoms in total. The first-order valence-corrected chi connectivity index (χ1v) is 7.70. The number of anilines is 3. The topological polar surface area (TPSA) is 68.0 Å². The van der Waals surface area contributed by atoms with Gasteiger partial charge in [-0.1, -0.05) is 41.1 Å². The minimum absolute atomic E-state index is 0.135. The van der Waals surface area contributed by atoms with E-state index in [9.17, 15) is 4.79 Å². The van der Waals surface area contributed by atoms with Gasteiger partial charge in [0.15, 0.2) is 5.13 Å². The first kappa shape index (κ1) is 14.6. The summed E-state index contributed by atoms with van der Waals surface area (Å²) in [6.45, 7) is 0. The number of nitrogens with two attached hydrogens (primary N) is 1. The Kier molecular flexibility index (Phi) is 4.09. The number of ketones is 1. The second-order valence-electron chi connectivity index (χ2n) is 4.59. The van der Waals surface area contributed by atoms with Gasteiger partial charge in [-0.25, -0.2) is 4.98 Å². The lowest BCUT2D eigenvalue weighted by atomic mass is 10.1. The van der Waals surface area contributed by atoms with Gasteiger partial charge < -0.3 is 11.1 Å². The Hall–Kier alpha value is -2.37. The van der Waals surface area contributed by atoms with E-state index in [4.69, 9.17) is 17.3 Å². The van der Waals surface area contributed by atoms with Crippen LogP contribution in [-0.2, 0) is 0 Å². The number of aromatic nitrogens is 1. The molecule has 3 N–H and O–H groups in total. The maximum atomic E-state index is 12.4. The Labute approximate surface area is 136 Å². The lowest BCUT2D eigenvalue weighted by Crippen LogP contribution is -1.99. The van der Waals surface area contributed by atoms with E-state index in [1.54, 1.807) is 42.6 Å². The predicted molar refractivity (Wildman–Crippen MR) is 91.1 cm³/mol. The first-order valence-electron chi connectivity index (χ1n) is 6.51. The van der Waals surface area contributed by atoms with E-state index < -0.39 is 0 Å². The summed E-state index contributed by atoms with van der Waals surface area (Å²) >= 11 is 7.33. The minimum atomic E-state index is -0.135. The molecule has 6 heteroatoms. The van der Waals surface area contributed by atoms with Crippen LogP contribution in [0.25, 0.3) is 0 Å². The van der Waals surface area contributed by atoms with Crippen LogP contribution in [0.1, 0.15) is 15.2 Å². The van der Waals surface area contributed by atoms with Crippen LogP contribution >= 0.6 is 22.9 Å². The van der Waals surface area contributed by atoms with Crippen molar-refractivity contribution in [1.82, 2.24) is 4.98 Å². The number of nitrogens with zero attached hydrogens (tertiary/aromatic N) is 1. The fourth-order valence-electron chi connectivity index (χ4n) is 1.95. The van der Waals surface area contributed by atoms with E-state index in [2.05, 4.69) is 10.3 Å². The summed E-state index contributed by atoms with van der Waals surface area (Å²) in [5.74, 6) is -0.135. The number of benzene rings is 2. The molecule has 22 heavy (non-hydrogen) atoms. The molecule has 0 bridgehead atoms. The first-order chi connectivity index (χ1) is 10.6. The van der Waals surface area contributed by atoms with Gasteiger partial charge in [0.1, 0.15) is 0 Å². The van der Waals surface area contributed by atoms with E-state index in [0.717, 1.165) is 5.69 Å². The molecule has 0 aliphatic heterocycles. The van der Waals surface area contributed by atoms with Gasteiger partial charge in [0.05, 0.1) is 16.1 Å². The Morgan fingerprint density at radius 1 is 1.18 bits per heavy atom. The normalized spacial score (nSPS) is 10.4. The van der Waals surface area contributed by atoms with Crippen molar-refractivity contribution in [2.24, 2.45) is 0 Å². The summed E-state index contributed by atoms with van der Waals surface area (Å²) in [7, 11) is 0. The molecule has 3 rings (SSSR count). The van der Waals surface area contributed by atoms with Crippen LogP contribution in [-0.4, -0.2) is 10.8 Å². The molecule has 1 aromatic heterocycles. The standard InChI is InChI=1S/C16H12ClN3OS/c17-13-7-2-1-6-12(13)15(21)14-9-19-16(22-14)20-11-5-3-4-10(18)8-11/h1-9H,18H2,(H,19,20). The summed E-state index contributed by atoms with van der Waals surface area (Å²) in [6.07, 6.45) is 1.55. The van der Waals surface area contributed by atoms with Crippen molar-refractivity contribution in [2.45, 2.75) is 0 Å². The van der Waals surface area contributed by atoms with Crippen molar-refractivity contribution >= 4 is 45.2 Å². The van der Waals surface area contributed by atoms with E-state index in [1.807, 2.05) is 12.1 Å². The average molecular weight is 330 g/mol. The largest absolute Gasteiger partial charge is 0.399 e. The molecule has 0 atom stereocenters. The highest BCUT2D eigenvalue weighted by Gasteiger charge is 2.15. The third-order valence-corrected chi connectivity index (χ3v) is 4.23. The molecule has 2 aromatic carbocycles. The summed E-state index contributed by atoms with van der Waals surface area (Å²) in [5, 5.41) is 4.19. The zero-order chi connectivity index (χ0) is 15.5. The fraction of sp³-hybridized carbons (Fsp3) is 0. The number of rotatable bonds is 4. The van der Waals surface area contributed by atoms with Crippen LogP contribution in [0.3, 0.4) is 0 Å². The number of thiazole rings is 1. The number of nitrogens with one attached hydrogen (secondary N) is 1. The molecular weight excluding hydrogens is 318 g/mol. The van der Waals surface area contributed by atoms with Gasteiger partial charge in [0.2, 0.25) is 5.78 Å². The molecule has 0 unspecified atom stereocenters. The van der Waals surface area contributed by atoms with Crippen molar-refractivity contribution < 1.29 is 4.79 Å². The number of hydrogen-bond donors (Lipinski definition) is 2. The van der Waals surface area contributed by atoms with Crippen LogP contribution in [0.2, 0.25) is 5.02 Å². The molecule has 0 saturated carbocycles. The van der Waals surface area contributed by atoms with Gasteiger partial charge in [-0.2, -0.15) is 0 Å². The van der Waals surface area contributed by atoms with Gasteiger partial charge >= 0.3 is 0 Å². The summed E-state index contributed by atoms with van der Waals surface area (Å²) in [4.78, 5) is 17.2. The van der Waals surface area contributed by atoms with Gasteiger partial charge in [0, 0.05) is 16.9 Å². The summed E-state index contributed by atoms with van der Waals surface area (Å²) in [5.41, 5.74) is 7.69. The maximum Gasteiger partial charge on any atom is 0.206 e. The maximum absolute atomic E-state index is 12.4. The van der Waals surface area contributed by atoms with Crippen molar-refractivity contribution in [3.8, 4) is 0 Å². The van der Waals surface area contributed by atoms with Crippen LogP contribution < -0.4 is 11.1 Å². The molecule has 0 aliphatic carbocycles. The molecule has 110 valence electrons. The highest BCUT2D eigenvalue weighted by atomic mass is 35.5. The summed E-state index contributed by atoms with van der Waals surface area (Å²) in [6, 6.07) is 14.3. The average Bonchev–Trinajstić information content (AvgIpc) is 2.95. The molecule has 0 spiro atoms. The van der Waals surface area contributed by atoms with E-state index >= 15 is 0 Å². The van der Waals surface area contributed by atoms with Gasteiger partial charge in [-0.15, -0.1) is 0 Å². The third kappa shape index (κ3) is 3.10. The molecule has 0 fully saturated rings. The number of nitrogen functional groups attached to an aromatic ring is 1. The van der Waals surface area contributed by atoms with E-state index in [1.165, 1.54) is 11.3 Å². The molecule has 0 saturated heterocycles. The van der Waals surface area contributed by atoms with Crippen molar-refractivity contribution in [3.63, 3.8) is 0 Å². The second-order valence-corrected chi connectivity index (χ2v) is 6.03. The Morgan fingerprint density at radius 2 is 2.00 bits per heavy atom. The van der Waals surface area contributed by atoms with E-state index in [0.29, 0.717) is 26.3 Å². The van der Waals surface area contributed by atoms with Crippen LogP contribution in [0.5, 0.6) is 0 Å². The Morgan fingerprint density at radius 3 is 2.77 bits per heavy atom. The third-order valence-electron chi connectivity index (χ3n) is 2.99. The monoisotopic (exact) mass is 329 g/mol. The molecule has 0 radical (unpaired) electrons. The van der Waals surface area contributed by atoms with E-state index in [-0.39, 0.29) is 5.78 Å². The summed E-state index contributed by atoms with van der Waals surface area (Å²) < 4.78 is 0. The lowest BCUT2D eigenvalue weighted by molar-refractivity contribution is 0.104. The molecule has 0 aliphatic rings. The lowest BCUT2D eigenvalue weighted by Gasteiger charge is -2.03. The van der Waals surface area contributed by atoms with Gasteiger partial charge in [-0.05, 0) is 30.3 Å². The van der Waals surface area contributed by atoms with Crippen LogP contribution in [0, 0.1) is 0 Å². The Bertz CT molecular complexity index is 832. The number of hydrogen-bond acceptors (Lipinski definition) is 5. The smallest absolute Gasteiger partial charge is 0.206 e. The van der Waals surface area contributed by atoms with Crippen molar-refractivity contribution in [3.05, 3.63) is 70.2 Å². The molecule has 1 heterocycles. The molecular formula is C16H12ClN3OS. The second kappa shape index (κ2) is 6.17. The zero-order valence-electron chi connectivity index (χ0n) is 11.4. The fourth-order valence-corrected chi connectivity index (χ4v) is 2.97. The van der Waals surface area contributed by atoms with Crippen LogP contribution in [0.4, 0.5) is 16.5 Å². The quantitative estimate of drug-likeness (QED) is 0.551. The number of halogens is 1. The molecule has 3 aromatic rings. The SMILES string of the molecule is Nc1cccc(Nc2ncc(C(=O)c3ccccc3Cl)s2)c1. The number of carbonyl (C=O) groups excluding carboxylic acids is 1. The van der Waals surface area contributed by atoms with Crippen molar-refractivity contribution in [1.29, 1.82) is 0 Å². The van der Waals surface area contributed by atoms with Crippen LogP contribution in [0.15, 0.2) is 54.7 Å².